The summed E-state index contributed by atoms with van der Waals surface area (Å²) in [6.45, 7) is -0.436. The first kappa shape index (κ1) is 15.1. The smallest absolute Gasteiger partial charge is 0.272 e. The van der Waals surface area contributed by atoms with Gasteiger partial charge in [-0.1, -0.05) is 0 Å². The van der Waals surface area contributed by atoms with Gasteiger partial charge >= 0.3 is 0 Å². The van der Waals surface area contributed by atoms with E-state index >= 15 is 0 Å². The highest BCUT2D eigenvalue weighted by atomic mass is 19.2. The molecule has 8 nitrogen and oxygen atoms in total. The highest BCUT2D eigenvalue weighted by Crippen LogP contribution is 2.47. The van der Waals surface area contributed by atoms with Gasteiger partial charge in [-0.2, -0.15) is 0 Å². The van der Waals surface area contributed by atoms with Crippen molar-refractivity contribution in [3.63, 3.8) is 0 Å². The van der Waals surface area contributed by atoms with E-state index in [1.54, 1.807) is 6.92 Å². The Morgan fingerprint density at radius 2 is 2.30 bits per heavy atom. The number of hydrogen-bond donors (Lipinski definition) is 3. The summed E-state index contributed by atoms with van der Waals surface area (Å²) in [5.41, 5.74) is 3.69. The number of amides is 1. The zero-order chi connectivity index (χ0) is 15.0. The molecule has 1 unspecified atom stereocenters. The van der Waals surface area contributed by atoms with Crippen LogP contribution in [0.3, 0.4) is 0 Å². The molecule has 0 aromatic heterocycles. The average Bonchev–Trinajstić information content (AvgIpc) is 2.84. The van der Waals surface area contributed by atoms with Crippen molar-refractivity contribution in [2.45, 2.75) is 37.2 Å². The van der Waals surface area contributed by atoms with Crippen LogP contribution in [-0.4, -0.2) is 55.0 Å². The summed E-state index contributed by atoms with van der Waals surface area (Å²) in [7, 11) is 1.34. The second-order valence-corrected chi connectivity index (χ2v) is 4.69. The largest absolute Gasteiger partial charge is 0.390 e. The number of aliphatic hydroxyl groups excluding tert-OH is 1. The van der Waals surface area contributed by atoms with Crippen LogP contribution < -0.4 is 11.1 Å². The van der Waals surface area contributed by atoms with E-state index in [1.165, 1.54) is 13.3 Å². The third-order valence-electron chi connectivity index (χ3n) is 3.25. The number of nitrogens with two attached hydrogens (primary N) is 1. The van der Waals surface area contributed by atoms with Crippen LogP contribution in [0.1, 0.15) is 6.92 Å². The average molecular weight is 292 g/mol. The van der Waals surface area contributed by atoms with Crippen molar-refractivity contribution in [3.8, 4) is 0 Å². The summed E-state index contributed by atoms with van der Waals surface area (Å²) in [5.74, 6) is -3.12. The van der Waals surface area contributed by atoms with Gasteiger partial charge in [0.25, 0.3) is 12.3 Å². The SMILES string of the molecule is COC1O[C@H]2[C@@](C)(O1)[C@H](N/C=C\C(N)=O)O[C@]2(F)CO. The Kier molecular flexibility index (Phi) is 3.98. The molecule has 0 radical (unpaired) electrons. The zero-order valence-electron chi connectivity index (χ0n) is 11.0. The van der Waals surface area contributed by atoms with E-state index in [2.05, 4.69) is 5.32 Å². The maximum absolute atomic E-state index is 14.5. The summed E-state index contributed by atoms with van der Waals surface area (Å²) in [6.07, 6.45) is 0.0644. The van der Waals surface area contributed by atoms with Gasteiger partial charge in [-0.3, -0.25) is 4.79 Å². The number of hydrogen-bond acceptors (Lipinski definition) is 7. The molecule has 0 aliphatic carbocycles. The molecule has 5 atom stereocenters. The third kappa shape index (κ3) is 2.38. The van der Waals surface area contributed by atoms with E-state index in [-0.39, 0.29) is 0 Å². The molecule has 2 heterocycles. The standard InChI is InChI=1S/C11H17FN2O6/c1-10-7(18-9(17-2)20-10)11(12,5-15)19-8(10)14-4-3-6(13)16/h3-4,7-9,14-15H,5H2,1-2H3,(H2,13,16)/b4-3-/t7-,8+,9?,10+,11+/m0/s1. The van der Waals surface area contributed by atoms with Gasteiger partial charge < -0.3 is 35.1 Å². The van der Waals surface area contributed by atoms with E-state index in [0.717, 1.165) is 6.08 Å². The Morgan fingerprint density at radius 1 is 1.60 bits per heavy atom. The molecule has 2 aliphatic rings. The second kappa shape index (κ2) is 5.26. The Hall–Kier alpha value is -1.26. The second-order valence-electron chi connectivity index (χ2n) is 4.69. The van der Waals surface area contributed by atoms with Crippen LogP contribution in [0.2, 0.25) is 0 Å². The van der Waals surface area contributed by atoms with Crippen molar-refractivity contribution in [1.29, 1.82) is 0 Å². The molecule has 20 heavy (non-hydrogen) atoms. The van der Waals surface area contributed by atoms with Gasteiger partial charge in [0.1, 0.15) is 12.2 Å². The minimum atomic E-state index is -2.44. The molecule has 0 saturated carbocycles. The number of halogens is 1. The lowest BCUT2D eigenvalue weighted by molar-refractivity contribution is -0.293. The molecular formula is C11H17FN2O6. The molecule has 4 N–H and O–H groups in total. The van der Waals surface area contributed by atoms with Crippen LogP contribution in [0.15, 0.2) is 12.3 Å². The molecule has 2 fully saturated rings. The molecule has 0 spiro atoms. The van der Waals surface area contributed by atoms with E-state index < -0.39 is 42.8 Å². The van der Waals surface area contributed by atoms with Gasteiger partial charge in [0.05, 0.1) is 0 Å². The van der Waals surface area contributed by atoms with Crippen LogP contribution in [0.4, 0.5) is 4.39 Å². The number of fused-ring (bicyclic) bond motifs is 1. The minimum absolute atomic E-state index is 0.677. The van der Waals surface area contributed by atoms with Gasteiger partial charge in [0.2, 0.25) is 5.91 Å². The summed E-state index contributed by atoms with van der Waals surface area (Å²) < 4.78 is 35.2. The first-order chi connectivity index (χ1) is 9.35. The predicted octanol–water partition coefficient (Wildman–Crippen LogP) is -1.31. The van der Waals surface area contributed by atoms with E-state index in [9.17, 15) is 14.3 Å². The third-order valence-corrected chi connectivity index (χ3v) is 3.25. The molecule has 1 amide bonds. The molecule has 0 aromatic rings. The van der Waals surface area contributed by atoms with Crippen molar-refractivity contribution >= 4 is 5.91 Å². The first-order valence-electron chi connectivity index (χ1n) is 5.91. The van der Waals surface area contributed by atoms with Gasteiger partial charge in [-0.05, 0) is 6.92 Å². The normalized spacial score (nSPS) is 43.9. The number of primary amides is 1. The van der Waals surface area contributed by atoms with Crippen molar-refractivity contribution in [1.82, 2.24) is 5.32 Å². The van der Waals surface area contributed by atoms with Crippen molar-refractivity contribution < 1.29 is 33.2 Å². The monoisotopic (exact) mass is 292 g/mol. The maximum atomic E-state index is 14.5. The zero-order valence-corrected chi connectivity index (χ0v) is 11.0. The Labute approximate surface area is 114 Å². The van der Waals surface area contributed by atoms with E-state index in [4.69, 9.17) is 24.7 Å². The lowest BCUT2D eigenvalue weighted by atomic mass is 9.95. The fourth-order valence-corrected chi connectivity index (χ4v) is 2.29. The van der Waals surface area contributed by atoms with Gasteiger partial charge in [0.15, 0.2) is 12.3 Å². The highest BCUT2D eigenvalue weighted by Gasteiger charge is 2.69. The summed E-state index contributed by atoms with van der Waals surface area (Å²) >= 11 is 0. The number of ether oxygens (including phenoxy) is 4. The molecule has 2 aliphatic heterocycles. The minimum Gasteiger partial charge on any atom is -0.390 e. The molecule has 114 valence electrons. The lowest BCUT2D eigenvalue weighted by Gasteiger charge is -2.26. The number of alkyl halides is 1. The van der Waals surface area contributed by atoms with Gasteiger partial charge in [0, 0.05) is 19.4 Å². The Morgan fingerprint density at radius 3 is 2.85 bits per heavy atom. The lowest BCUT2D eigenvalue weighted by Crippen LogP contribution is -2.50. The first-order valence-corrected chi connectivity index (χ1v) is 5.91. The molecule has 0 aromatic carbocycles. The van der Waals surface area contributed by atoms with Crippen LogP contribution in [0.5, 0.6) is 0 Å². The molecule has 0 bridgehead atoms. The molecule has 2 saturated heterocycles. The Bertz CT molecular complexity index is 422. The number of aliphatic hydroxyl groups is 1. The predicted molar refractivity (Wildman–Crippen MR) is 62.4 cm³/mol. The molecule has 2 rings (SSSR count). The number of methoxy groups -OCH3 is 1. The van der Waals surface area contributed by atoms with Crippen LogP contribution in [0, 0.1) is 0 Å². The van der Waals surface area contributed by atoms with E-state index in [1.807, 2.05) is 0 Å². The quantitative estimate of drug-likeness (QED) is 0.539. The fraction of sp³-hybridized carbons (Fsp3) is 0.727. The summed E-state index contributed by atoms with van der Waals surface area (Å²) in [4.78, 5) is 10.6. The van der Waals surface area contributed by atoms with E-state index in [0.29, 0.717) is 0 Å². The number of rotatable bonds is 5. The van der Waals surface area contributed by atoms with Crippen molar-refractivity contribution in [2.24, 2.45) is 5.73 Å². The number of carbonyl (C=O) groups excluding carboxylic acids is 1. The Balaban J connectivity index is 2.19. The highest BCUT2D eigenvalue weighted by molar-refractivity contribution is 5.85. The van der Waals surface area contributed by atoms with Crippen molar-refractivity contribution in [2.75, 3.05) is 13.7 Å². The summed E-state index contributed by atoms with van der Waals surface area (Å²) in [6, 6.07) is 0. The maximum Gasteiger partial charge on any atom is 0.272 e. The van der Waals surface area contributed by atoms with Gasteiger partial charge in [-0.25, -0.2) is 4.39 Å². The fourth-order valence-electron chi connectivity index (χ4n) is 2.29. The number of carbonyl (C=O) groups is 1. The molecule has 9 heteroatoms. The van der Waals surface area contributed by atoms with Crippen LogP contribution >= 0.6 is 0 Å². The van der Waals surface area contributed by atoms with Gasteiger partial charge in [-0.15, -0.1) is 0 Å². The van der Waals surface area contributed by atoms with Crippen LogP contribution in [0.25, 0.3) is 0 Å². The molecular weight excluding hydrogens is 275 g/mol. The van der Waals surface area contributed by atoms with Crippen molar-refractivity contribution in [3.05, 3.63) is 12.3 Å². The number of nitrogens with one attached hydrogen (secondary N) is 1. The van der Waals surface area contributed by atoms with Crippen LogP contribution in [-0.2, 0) is 23.7 Å². The topological polar surface area (TPSA) is 112 Å². The summed E-state index contributed by atoms with van der Waals surface area (Å²) in [5, 5.41) is 11.8.